The van der Waals surface area contributed by atoms with E-state index in [1.807, 2.05) is 0 Å². The fourth-order valence-electron chi connectivity index (χ4n) is 1.54. The first-order valence-corrected chi connectivity index (χ1v) is 5.83. The van der Waals surface area contributed by atoms with Crippen molar-refractivity contribution in [2.75, 3.05) is 13.6 Å². The van der Waals surface area contributed by atoms with E-state index in [9.17, 15) is 17.2 Å². The van der Waals surface area contributed by atoms with Gasteiger partial charge in [0.2, 0.25) is 0 Å². The second kappa shape index (κ2) is 4.08. The molecular formula is C7H14F2N2O2S. The summed E-state index contributed by atoms with van der Waals surface area (Å²) in [7, 11) is -3.23. The summed E-state index contributed by atoms with van der Waals surface area (Å²) in [6.07, 6.45) is 1.42. The summed E-state index contributed by atoms with van der Waals surface area (Å²) in [5.74, 6) is -3.20. The fourth-order valence-corrected chi connectivity index (χ4v) is 2.23. The van der Waals surface area contributed by atoms with Crippen LogP contribution in [0.3, 0.4) is 0 Å². The lowest BCUT2D eigenvalue weighted by Gasteiger charge is -2.34. The van der Waals surface area contributed by atoms with Crippen molar-refractivity contribution in [3.8, 4) is 0 Å². The SMILES string of the molecule is CN(CC1CC(N)C1)S(=O)(=O)C(F)F. The molecule has 0 aromatic rings. The summed E-state index contributed by atoms with van der Waals surface area (Å²) in [4.78, 5) is 0. The molecule has 14 heavy (non-hydrogen) atoms. The Morgan fingerprint density at radius 1 is 1.50 bits per heavy atom. The van der Waals surface area contributed by atoms with Crippen molar-refractivity contribution in [1.29, 1.82) is 0 Å². The van der Waals surface area contributed by atoms with Crippen molar-refractivity contribution >= 4 is 10.0 Å². The van der Waals surface area contributed by atoms with E-state index in [1.54, 1.807) is 0 Å². The summed E-state index contributed by atoms with van der Waals surface area (Å²) in [5, 5.41) is 0. The van der Waals surface area contributed by atoms with Crippen LogP contribution in [-0.4, -0.2) is 38.1 Å². The molecular weight excluding hydrogens is 214 g/mol. The number of hydrogen-bond donors (Lipinski definition) is 1. The van der Waals surface area contributed by atoms with Crippen molar-refractivity contribution in [2.45, 2.75) is 24.6 Å². The second-order valence-electron chi connectivity index (χ2n) is 3.68. The normalized spacial score (nSPS) is 28.1. The summed E-state index contributed by atoms with van der Waals surface area (Å²) in [5.41, 5.74) is 5.50. The van der Waals surface area contributed by atoms with E-state index >= 15 is 0 Å². The van der Waals surface area contributed by atoms with Gasteiger partial charge in [0.25, 0.3) is 10.0 Å². The monoisotopic (exact) mass is 228 g/mol. The number of hydrogen-bond acceptors (Lipinski definition) is 3. The Morgan fingerprint density at radius 3 is 2.36 bits per heavy atom. The highest BCUT2D eigenvalue weighted by Crippen LogP contribution is 2.27. The predicted octanol–water partition coefficient (Wildman–Crippen LogP) is 0.208. The van der Waals surface area contributed by atoms with Gasteiger partial charge in [-0.3, -0.25) is 0 Å². The lowest BCUT2D eigenvalue weighted by Crippen LogP contribution is -2.44. The zero-order valence-corrected chi connectivity index (χ0v) is 8.68. The average Bonchev–Trinajstić information content (AvgIpc) is 2.01. The largest absolute Gasteiger partial charge is 0.350 e. The number of alkyl halides is 2. The Labute approximate surface area is 82.1 Å². The third-order valence-electron chi connectivity index (χ3n) is 2.45. The van der Waals surface area contributed by atoms with Gasteiger partial charge in [-0.1, -0.05) is 0 Å². The number of halogens is 2. The summed E-state index contributed by atoms with van der Waals surface area (Å²) >= 11 is 0. The molecule has 0 aliphatic heterocycles. The average molecular weight is 228 g/mol. The van der Waals surface area contributed by atoms with Gasteiger partial charge < -0.3 is 5.73 Å². The van der Waals surface area contributed by atoms with Gasteiger partial charge in [-0.05, 0) is 18.8 Å². The molecule has 2 N–H and O–H groups in total. The maximum Gasteiger partial charge on any atom is 0.350 e. The van der Waals surface area contributed by atoms with Gasteiger partial charge >= 0.3 is 5.76 Å². The van der Waals surface area contributed by atoms with Gasteiger partial charge in [0.05, 0.1) is 0 Å². The minimum absolute atomic E-state index is 0.0997. The van der Waals surface area contributed by atoms with Gasteiger partial charge in [-0.25, -0.2) is 8.42 Å². The Balaban J connectivity index is 2.46. The molecule has 0 aromatic carbocycles. The fraction of sp³-hybridized carbons (Fsp3) is 1.00. The minimum atomic E-state index is -4.41. The van der Waals surface area contributed by atoms with E-state index in [0.717, 1.165) is 0 Å². The molecule has 0 atom stereocenters. The first-order valence-electron chi connectivity index (χ1n) is 4.33. The van der Waals surface area contributed by atoms with Crippen molar-refractivity contribution < 1.29 is 17.2 Å². The standard InChI is InChI=1S/C7H14F2N2O2S/c1-11(14(12,13)7(8)9)4-5-2-6(10)3-5/h5-7H,2-4,10H2,1H3. The summed E-state index contributed by atoms with van der Waals surface area (Å²) < 4.78 is 46.7. The molecule has 0 unspecified atom stereocenters. The smallest absolute Gasteiger partial charge is 0.328 e. The van der Waals surface area contributed by atoms with Gasteiger partial charge in [0, 0.05) is 19.6 Å². The molecule has 0 spiro atoms. The van der Waals surface area contributed by atoms with Crippen LogP contribution in [0.25, 0.3) is 0 Å². The lowest BCUT2D eigenvalue weighted by molar-refractivity contribution is 0.199. The second-order valence-corrected chi connectivity index (χ2v) is 5.69. The number of rotatable bonds is 4. The summed E-state index contributed by atoms with van der Waals surface area (Å²) in [6.45, 7) is 0.139. The molecule has 0 aromatic heterocycles. The molecule has 1 fully saturated rings. The van der Waals surface area contributed by atoms with Crippen LogP contribution in [0.2, 0.25) is 0 Å². The van der Waals surface area contributed by atoms with E-state index in [2.05, 4.69) is 0 Å². The van der Waals surface area contributed by atoms with Crippen LogP contribution in [0.5, 0.6) is 0 Å². The molecule has 0 heterocycles. The Bertz CT molecular complexity index is 288. The molecule has 1 rings (SSSR count). The first-order chi connectivity index (χ1) is 6.34. The molecule has 7 heteroatoms. The predicted molar refractivity (Wildman–Crippen MR) is 48.3 cm³/mol. The highest BCUT2D eigenvalue weighted by atomic mass is 32.2. The van der Waals surface area contributed by atoms with Crippen LogP contribution in [0, 0.1) is 5.92 Å². The highest BCUT2D eigenvalue weighted by molar-refractivity contribution is 7.89. The molecule has 84 valence electrons. The van der Waals surface area contributed by atoms with Gasteiger partial charge in [0.15, 0.2) is 0 Å². The van der Waals surface area contributed by atoms with Gasteiger partial charge in [0.1, 0.15) is 0 Å². The van der Waals surface area contributed by atoms with Crippen LogP contribution in [0.1, 0.15) is 12.8 Å². The third-order valence-corrected chi connectivity index (χ3v) is 3.92. The topological polar surface area (TPSA) is 63.4 Å². The van der Waals surface area contributed by atoms with E-state index in [1.165, 1.54) is 7.05 Å². The summed E-state index contributed by atoms with van der Waals surface area (Å²) in [6, 6.07) is 0.0997. The zero-order chi connectivity index (χ0) is 10.9. The minimum Gasteiger partial charge on any atom is -0.328 e. The number of nitrogens with zero attached hydrogens (tertiary/aromatic N) is 1. The molecule has 0 saturated heterocycles. The van der Waals surface area contributed by atoms with Crippen LogP contribution < -0.4 is 5.73 Å². The van der Waals surface area contributed by atoms with Crippen molar-refractivity contribution in [2.24, 2.45) is 11.7 Å². The zero-order valence-electron chi connectivity index (χ0n) is 7.86. The van der Waals surface area contributed by atoms with E-state index < -0.39 is 15.8 Å². The van der Waals surface area contributed by atoms with Crippen molar-refractivity contribution in [3.05, 3.63) is 0 Å². The Hall–Kier alpha value is -0.270. The van der Waals surface area contributed by atoms with E-state index in [-0.39, 0.29) is 18.5 Å². The van der Waals surface area contributed by atoms with Crippen molar-refractivity contribution in [3.63, 3.8) is 0 Å². The molecule has 0 amide bonds. The van der Waals surface area contributed by atoms with Crippen LogP contribution in [-0.2, 0) is 10.0 Å². The molecule has 1 saturated carbocycles. The number of nitrogens with two attached hydrogens (primary N) is 1. The van der Waals surface area contributed by atoms with E-state index in [4.69, 9.17) is 5.73 Å². The van der Waals surface area contributed by atoms with Crippen molar-refractivity contribution in [1.82, 2.24) is 4.31 Å². The van der Waals surface area contributed by atoms with Crippen LogP contribution in [0.15, 0.2) is 0 Å². The van der Waals surface area contributed by atoms with Gasteiger partial charge in [-0.15, -0.1) is 0 Å². The Morgan fingerprint density at radius 2 is 2.00 bits per heavy atom. The molecule has 0 radical (unpaired) electrons. The first kappa shape index (κ1) is 11.8. The molecule has 1 aliphatic rings. The Kier molecular flexibility index (Phi) is 3.44. The number of sulfonamides is 1. The van der Waals surface area contributed by atoms with E-state index in [0.29, 0.717) is 17.1 Å². The van der Waals surface area contributed by atoms with Gasteiger partial charge in [-0.2, -0.15) is 13.1 Å². The quantitative estimate of drug-likeness (QED) is 0.748. The molecule has 1 aliphatic carbocycles. The van der Waals surface area contributed by atoms with Crippen LogP contribution in [0.4, 0.5) is 8.78 Å². The van der Waals surface area contributed by atoms with Crippen LogP contribution >= 0.6 is 0 Å². The third kappa shape index (κ3) is 2.40. The molecule has 0 bridgehead atoms. The molecule has 4 nitrogen and oxygen atoms in total. The lowest BCUT2D eigenvalue weighted by atomic mass is 9.81. The maximum absolute atomic E-state index is 12.1. The maximum atomic E-state index is 12.1. The highest BCUT2D eigenvalue weighted by Gasteiger charge is 2.34.